The van der Waals surface area contributed by atoms with E-state index in [1.807, 2.05) is 0 Å². The molecule has 2 rings (SSSR count). The number of pyridine rings is 1. The molecule has 0 aromatic carbocycles. The summed E-state index contributed by atoms with van der Waals surface area (Å²) < 4.78 is 0. The van der Waals surface area contributed by atoms with Gasteiger partial charge in [-0.05, 0) is 36.8 Å². The van der Waals surface area contributed by atoms with Gasteiger partial charge >= 0.3 is 5.97 Å². The van der Waals surface area contributed by atoms with E-state index >= 15 is 0 Å². The first-order valence-corrected chi connectivity index (χ1v) is 6.91. The molecule has 1 aromatic heterocycles. The van der Waals surface area contributed by atoms with Crippen molar-refractivity contribution in [1.82, 2.24) is 4.98 Å². The third kappa shape index (κ3) is 3.83. The molecule has 1 saturated carbocycles. The summed E-state index contributed by atoms with van der Waals surface area (Å²) in [5.41, 5.74) is 0.488. The van der Waals surface area contributed by atoms with Gasteiger partial charge in [-0.15, -0.1) is 0 Å². The second-order valence-corrected chi connectivity index (χ2v) is 6.36. The van der Waals surface area contributed by atoms with E-state index in [1.165, 1.54) is 25.0 Å². The van der Waals surface area contributed by atoms with Gasteiger partial charge in [0.15, 0.2) is 0 Å². The Labute approximate surface area is 118 Å². The number of hydrogen-bond donors (Lipinski definition) is 2. The second kappa shape index (κ2) is 5.37. The molecule has 0 aliphatic heterocycles. The van der Waals surface area contributed by atoms with E-state index in [9.17, 15) is 4.79 Å². The maximum absolute atomic E-state index is 11.0. The largest absolute Gasteiger partial charge is 0.478 e. The smallest absolute Gasteiger partial charge is 0.335 e. The first-order chi connectivity index (χ1) is 8.85. The number of carboxylic acid groups (broad SMARTS) is 1. The maximum Gasteiger partial charge on any atom is 0.335 e. The quantitative estimate of drug-likeness (QED) is 0.828. The Morgan fingerprint density at radius 1 is 1.53 bits per heavy atom. The van der Waals surface area contributed by atoms with E-state index in [2.05, 4.69) is 24.1 Å². The van der Waals surface area contributed by atoms with E-state index < -0.39 is 5.97 Å². The summed E-state index contributed by atoms with van der Waals surface area (Å²) in [5, 5.41) is 12.5. The van der Waals surface area contributed by atoms with Gasteiger partial charge < -0.3 is 10.4 Å². The standard InChI is InChI=1S/C14H19ClN2O2/c1-14(2)5-3-4-10(8-14)16-12-7-9(13(18)19)6-11(15)17-12/h6-7,10H,3-5,8H2,1-2H3,(H,16,17)(H,18,19). The molecule has 1 atom stereocenters. The van der Waals surface area contributed by atoms with E-state index in [-0.39, 0.29) is 10.7 Å². The van der Waals surface area contributed by atoms with E-state index in [0.29, 0.717) is 17.3 Å². The Kier molecular flexibility index (Phi) is 3.99. The molecule has 0 saturated heterocycles. The summed E-state index contributed by atoms with van der Waals surface area (Å²) in [6.45, 7) is 4.52. The van der Waals surface area contributed by atoms with Crippen LogP contribution in [-0.4, -0.2) is 22.1 Å². The lowest BCUT2D eigenvalue weighted by Crippen LogP contribution is -2.32. The average molecular weight is 283 g/mol. The summed E-state index contributed by atoms with van der Waals surface area (Å²) in [6.07, 6.45) is 4.55. The number of carbonyl (C=O) groups is 1. The van der Waals surface area contributed by atoms with Crippen LogP contribution >= 0.6 is 11.6 Å². The first-order valence-electron chi connectivity index (χ1n) is 6.53. The Hall–Kier alpha value is -1.29. The Balaban J connectivity index is 2.12. The van der Waals surface area contributed by atoms with Crippen molar-refractivity contribution in [1.29, 1.82) is 0 Å². The molecule has 2 N–H and O–H groups in total. The third-order valence-electron chi connectivity index (χ3n) is 3.60. The molecule has 1 heterocycles. The fraction of sp³-hybridized carbons (Fsp3) is 0.571. The van der Waals surface area contributed by atoms with Crippen LogP contribution in [0.15, 0.2) is 12.1 Å². The van der Waals surface area contributed by atoms with Crippen LogP contribution in [0, 0.1) is 5.41 Å². The highest BCUT2D eigenvalue weighted by Crippen LogP contribution is 2.36. The topological polar surface area (TPSA) is 62.2 Å². The molecule has 1 unspecified atom stereocenters. The summed E-state index contributed by atoms with van der Waals surface area (Å²) in [6, 6.07) is 3.23. The first kappa shape index (κ1) is 14.1. The van der Waals surface area contributed by atoms with Gasteiger partial charge in [0.05, 0.1) is 5.56 Å². The van der Waals surface area contributed by atoms with Crippen molar-refractivity contribution in [2.24, 2.45) is 5.41 Å². The molecule has 0 amide bonds. The van der Waals surface area contributed by atoms with Gasteiger partial charge in [0.2, 0.25) is 0 Å². The number of nitrogens with one attached hydrogen (secondary N) is 1. The zero-order valence-corrected chi connectivity index (χ0v) is 12.0. The van der Waals surface area contributed by atoms with Gasteiger partial charge in [-0.3, -0.25) is 0 Å². The fourth-order valence-electron chi connectivity index (χ4n) is 2.72. The van der Waals surface area contributed by atoms with Gasteiger partial charge in [0.25, 0.3) is 0 Å². The van der Waals surface area contributed by atoms with Crippen LogP contribution in [-0.2, 0) is 0 Å². The highest BCUT2D eigenvalue weighted by atomic mass is 35.5. The summed E-state index contributed by atoms with van der Waals surface area (Å²) in [7, 11) is 0. The van der Waals surface area contributed by atoms with E-state index in [1.54, 1.807) is 0 Å². The van der Waals surface area contributed by atoms with Gasteiger partial charge in [-0.2, -0.15) is 0 Å². The lowest BCUT2D eigenvalue weighted by atomic mass is 9.75. The molecule has 4 nitrogen and oxygen atoms in total. The number of aromatic nitrogens is 1. The SMILES string of the molecule is CC1(C)CCCC(Nc2cc(C(=O)O)cc(Cl)n2)C1. The molecule has 19 heavy (non-hydrogen) atoms. The van der Waals surface area contributed by atoms with Crippen LogP contribution < -0.4 is 5.32 Å². The lowest BCUT2D eigenvalue weighted by molar-refractivity contribution is 0.0696. The van der Waals surface area contributed by atoms with Gasteiger partial charge in [-0.1, -0.05) is 31.9 Å². The van der Waals surface area contributed by atoms with Gasteiger partial charge in [0.1, 0.15) is 11.0 Å². The minimum Gasteiger partial charge on any atom is -0.478 e. The minimum atomic E-state index is -0.990. The van der Waals surface area contributed by atoms with Crippen molar-refractivity contribution in [2.75, 3.05) is 5.32 Å². The van der Waals surface area contributed by atoms with Crippen LogP contribution in [0.1, 0.15) is 49.9 Å². The van der Waals surface area contributed by atoms with Crippen LogP contribution in [0.25, 0.3) is 0 Å². The Morgan fingerprint density at radius 3 is 2.89 bits per heavy atom. The normalized spacial score (nSPS) is 21.9. The average Bonchev–Trinajstić information content (AvgIpc) is 2.26. The number of hydrogen-bond acceptors (Lipinski definition) is 3. The highest BCUT2D eigenvalue weighted by molar-refractivity contribution is 6.29. The number of aromatic carboxylic acids is 1. The number of rotatable bonds is 3. The molecule has 0 radical (unpaired) electrons. The predicted molar refractivity (Wildman–Crippen MR) is 75.9 cm³/mol. The van der Waals surface area contributed by atoms with Crippen molar-refractivity contribution in [2.45, 2.75) is 45.6 Å². The zero-order valence-electron chi connectivity index (χ0n) is 11.2. The van der Waals surface area contributed by atoms with Gasteiger partial charge in [0, 0.05) is 6.04 Å². The molecule has 1 aliphatic carbocycles. The minimum absolute atomic E-state index is 0.164. The Morgan fingerprint density at radius 2 is 2.26 bits per heavy atom. The van der Waals surface area contributed by atoms with E-state index in [4.69, 9.17) is 16.7 Å². The van der Waals surface area contributed by atoms with Crippen molar-refractivity contribution < 1.29 is 9.90 Å². The Bertz CT molecular complexity index is 488. The van der Waals surface area contributed by atoms with Crippen LogP contribution in [0.4, 0.5) is 5.82 Å². The summed E-state index contributed by atoms with van der Waals surface area (Å²) >= 11 is 5.85. The molecule has 0 bridgehead atoms. The van der Waals surface area contributed by atoms with Crippen molar-refractivity contribution in [3.8, 4) is 0 Å². The molecule has 1 fully saturated rings. The number of halogens is 1. The molecule has 1 aliphatic rings. The molecule has 104 valence electrons. The van der Waals surface area contributed by atoms with Crippen LogP contribution in [0.3, 0.4) is 0 Å². The summed E-state index contributed by atoms with van der Waals surface area (Å²) in [4.78, 5) is 15.1. The van der Waals surface area contributed by atoms with Crippen molar-refractivity contribution >= 4 is 23.4 Å². The third-order valence-corrected chi connectivity index (χ3v) is 3.79. The van der Waals surface area contributed by atoms with E-state index in [0.717, 1.165) is 12.8 Å². The molecular weight excluding hydrogens is 264 g/mol. The molecule has 5 heteroatoms. The number of carboxylic acids is 1. The summed E-state index contributed by atoms with van der Waals surface area (Å²) in [5.74, 6) is -0.441. The van der Waals surface area contributed by atoms with Crippen LogP contribution in [0.2, 0.25) is 5.15 Å². The van der Waals surface area contributed by atoms with Crippen molar-refractivity contribution in [3.63, 3.8) is 0 Å². The second-order valence-electron chi connectivity index (χ2n) is 5.97. The van der Waals surface area contributed by atoms with Gasteiger partial charge in [-0.25, -0.2) is 9.78 Å². The predicted octanol–water partition coefficient (Wildman–Crippen LogP) is 3.81. The van der Waals surface area contributed by atoms with Crippen LogP contribution in [0.5, 0.6) is 0 Å². The zero-order chi connectivity index (χ0) is 14.0. The molecule has 1 aromatic rings. The molecular formula is C14H19ClN2O2. The number of anilines is 1. The number of nitrogens with zero attached hydrogens (tertiary/aromatic N) is 1. The fourth-order valence-corrected chi connectivity index (χ4v) is 2.93. The monoisotopic (exact) mass is 282 g/mol. The lowest BCUT2D eigenvalue weighted by Gasteiger charge is -2.35. The molecule has 0 spiro atoms. The highest BCUT2D eigenvalue weighted by Gasteiger charge is 2.28. The van der Waals surface area contributed by atoms with Crippen molar-refractivity contribution in [3.05, 3.63) is 22.8 Å². The maximum atomic E-state index is 11.0.